The van der Waals surface area contributed by atoms with Crippen LogP contribution in [0.25, 0.3) is 11.0 Å². The Morgan fingerprint density at radius 3 is 3.17 bits per heavy atom. The number of halogens is 1. The van der Waals surface area contributed by atoms with E-state index in [1.54, 1.807) is 0 Å². The van der Waals surface area contributed by atoms with E-state index in [-0.39, 0.29) is 0 Å². The molecule has 1 aliphatic heterocycles. The molecule has 4 rings (SSSR count). The van der Waals surface area contributed by atoms with Gasteiger partial charge in [-0.15, -0.1) is 0 Å². The highest BCUT2D eigenvalue weighted by Crippen LogP contribution is 2.26. The summed E-state index contributed by atoms with van der Waals surface area (Å²) in [4.78, 5) is 15.2. The molecule has 1 aromatic carbocycles. The molecule has 0 amide bonds. The summed E-state index contributed by atoms with van der Waals surface area (Å²) in [6, 6.07) is 5.74. The Bertz CT molecular complexity index is 837. The summed E-state index contributed by atoms with van der Waals surface area (Å²) < 4.78 is 2.23. The van der Waals surface area contributed by atoms with Crippen molar-refractivity contribution in [3.05, 3.63) is 47.3 Å². The Labute approximate surface area is 146 Å². The number of rotatable bonds is 4. The van der Waals surface area contributed by atoms with E-state index in [1.807, 2.05) is 24.4 Å². The molecule has 0 radical (unpaired) electrons. The number of hydrogen-bond acceptors (Lipinski definition) is 3. The van der Waals surface area contributed by atoms with Crippen LogP contribution < -0.4 is 0 Å². The van der Waals surface area contributed by atoms with Crippen molar-refractivity contribution in [2.45, 2.75) is 32.2 Å². The van der Waals surface area contributed by atoms with Crippen LogP contribution in [0.1, 0.15) is 37.3 Å². The first-order chi connectivity index (χ1) is 11.7. The summed E-state index contributed by atoms with van der Waals surface area (Å²) in [5, 5.41) is 0.725. The number of fused-ring (bicyclic) bond motifs is 1. The van der Waals surface area contributed by atoms with Gasteiger partial charge >= 0.3 is 0 Å². The summed E-state index contributed by atoms with van der Waals surface area (Å²) in [5.74, 6) is 2.62. The molecule has 1 unspecified atom stereocenters. The molecule has 1 saturated heterocycles. The SMILES string of the molecule is CCN1CCCC(c2nccn2Cc2nc3ccc(Cl)cc3[nH]2)C1. The lowest BCUT2D eigenvalue weighted by molar-refractivity contribution is 0.212. The first kappa shape index (κ1) is 15.7. The van der Waals surface area contributed by atoms with Gasteiger partial charge in [0.2, 0.25) is 0 Å². The molecule has 6 heteroatoms. The smallest absolute Gasteiger partial charge is 0.127 e. The van der Waals surface area contributed by atoms with Crippen molar-refractivity contribution in [2.24, 2.45) is 0 Å². The van der Waals surface area contributed by atoms with Gasteiger partial charge in [0.05, 0.1) is 17.6 Å². The van der Waals surface area contributed by atoms with Crippen molar-refractivity contribution < 1.29 is 0 Å². The van der Waals surface area contributed by atoms with E-state index in [0.717, 1.165) is 35.0 Å². The van der Waals surface area contributed by atoms with Crippen molar-refractivity contribution >= 4 is 22.6 Å². The first-order valence-corrected chi connectivity index (χ1v) is 8.98. The van der Waals surface area contributed by atoms with Gasteiger partial charge in [-0.3, -0.25) is 0 Å². The quantitative estimate of drug-likeness (QED) is 0.786. The van der Waals surface area contributed by atoms with Crippen LogP contribution in [-0.2, 0) is 6.54 Å². The van der Waals surface area contributed by atoms with Gasteiger partial charge in [-0.1, -0.05) is 18.5 Å². The number of hydrogen-bond donors (Lipinski definition) is 1. The minimum atomic E-state index is 0.507. The third-order valence-corrected chi connectivity index (χ3v) is 5.11. The molecular formula is C18H22ClN5. The fourth-order valence-corrected chi connectivity index (χ4v) is 3.81. The van der Waals surface area contributed by atoms with Crippen molar-refractivity contribution in [1.29, 1.82) is 0 Å². The second kappa shape index (κ2) is 6.57. The molecule has 1 aliphatic rings. The van der Waals surface area contributed by atoms with Crippen LogP contribution in [0.2, 0.25) is 5.02 Å². The maximum atomic E-state index is 6.06. The summed E-state index contributed by atoms with van der Waals surface area (Å²) in [6.45, 7) is 6.36. The molecule has 24 heavy (non-hydrogen) atoms. The number of H-pyrrole nitrogens is 1. The van der Waals surface area contributed by atoms with Gasteiger partial charge in [0.15, 0.2) is 0 Å². The molecule has 3 heterocycles. The van der Waals surface area contributed by atoms with Crippen LogP contribution in [0.3, 0.4) is 0 Å². The minimum absolute atomic E-state index is 0.507. The Morgan fingerprint density at radius 2 is 2.29 bits per heavy atom. The highest BCUT2D eigenvalue weighted by Gasteiger charge is 2.24. The molecule has 1 fully saturated rings. The van der Waals surface area contributed by atoms with Crippen molar-refractivity contribution in [2.75, 3.05) is 19.6 Å². The molecule has 0 saturated carbocycles. The van der Waals surface area contributed by atoms with Gasteiger partial charge in [0.25, 0.3) is 0 Å². The molecule has 0 aliphatic carbocycles. The zero-order valence-corrected chi connectivity index (χ0v) is 14.6. The van der Waals surface area contributed by atoms with E-state index in [9.17, 15) is 0 Å². The Hall–Kier alpha value is -1.85. The van der Waals surface area contributed by atoms with Crippen LogP contribution in [0.4, 0.5) is 0 Å². The molecule has 1 atom stereocenters. The van der Waals surface area contributed by atoms with Crippen LogP contribution in [-0.4, -0.2) is 44.1 Å². The average molecular weight is 344 g/mol. The number of likely N-dealkylation sites (N-methyl/N-ethyl adjacent to an activating group) is 1. The lowest BCUT2D eigenvalue weighted by Crippen LogP contribution is -2.35. The van der Waals surface area contributed by atoms with Crippen LogP contribution in [0, 0.1) is 0 Å². The Kier molecular flexibility index (Phi) is 4.29. The first-order valence-electron chi connectivity index (χ1n) is 8.60. The molecule has 126 valence electrons. The number of aromatic nitrogens is 4. The third kappa shape index (κ3) is 3.06. The zero-order valence-electron chi connectivity index (χ0n) is 13.9. The number of likely N-dealkylation sites (tertiary alicyclic amines) is 1. The lowest BCUT2D eigenvalue weighted by Gasteiger charge is -2.31. The molecule has 5 nitrogen and oxygen atoms in total. The van der Waals surface area contributed by atoms with Crippen molar-refractivity contribution in [3.63, 3.8) is 0 Å². The number of benzene rings is 1. The molecular weight excluding hydrogens is 322 g/mol. The summed E-state index contributed by atoms with van der Waals surface area (Å²) in [6.07, 6.45) is 6.41. The summed E-state index contributed by atoms with van der Waals surface area (Å²) >= 11 is 6.06. The van der Waals surface area contributed by atoms with Crippen LogP contribution in [0.5, 0.6) is 0 Å². The maximum Gasteiger partial charge on any atom is 0.127 e. The van der Waals surface area contributed by atoms with Crippen molar-refractivity contribution in [3.8, 4) is 0 Å². The highest BCUT2D eigenvalue weighted by molar-refractivity contribution is 6.31. The van der Waals surface area contributed by atoms with E-state index >= 15 is 0 Å². The van der Waals surface area contributed by atoms with Crippen LogP contribution in [0.15, 0.2) is 30.6 Å². The topological polar surface area (TPSA) is 49.7 Å². The standard InChI is InChI=1S/C18H22ClN5/c1-2-23-8-3-4-13(11-23)18-20-7-9-24(18)12-17-21-15-6-5-14(19)10-16(15)22-17/h5-7,9-10,13H,2-4,8,11-12H2,1H3,(H,21,22). The van der Waals surface area contributed by atoms with E-state index in [0.29, 0.717) is 12.5 Å². The molecule has 2 aromatic heterocycles. The molecule has 0 bridgehead atoms. The van der Waals surface area contributed by atoms with E-state index in [1.165, 1.54) is 25.2 Å². The number of aromatic amines is 1. The van der Waals surface area contributed by atoms with E-state index in [4.69, 9.17) is 11.6 Å². The fourth-order valence-electron chi connectivity index (χ4n) is 3.64. The highest BCUT2D eigenvalue weighted by atomic mass is 35.5. The average Bonchev–Trinajstić information content (AvgIpc) is 3.21. The second-order valence-corrected chi connectivity index (χ2v) is 6.93. The monoisotopic (exact) mass is 343 g/mol. The number of nitrogens with zero attached hydrogens (tertiary/aromatic N) is 4. The van der Waals surface area contributed by atoms with E-state index in [2.05, 4.69) is 37.5 Å². The predicted octanol–water partition coefficient (Wildman–Crippen LogP) is 3.66. The molecule has 1 N–H and O–H groups in total. The number of nitrogens with one attached hydrogen (secondary N) is 1. The summed E-state index contributed by atoms with van der Waals surface area (Å²) in [7, 11) is 0. The lowest BCUT2D eigenvalue weighted by atomic mass is 9.97. The van der Waals surface area contributed by atoms with Gasteiger partial charge in [0.1, 0.15) is 11.6 Å². The van der Waals surface area contributed by atoms with Gasteiger partial charge in [-0.05, 0) is 44.1 Å². The predicted molar refractivity (Wildman–Crippen MR) is 96.5 cm³/mol. The van der Waals surface area contributed by atoms with Crippen molar-refractivity contribution in [1.82, 2.24) is 24.4 Å². The van der Waals surface area contributed by atoms with Crippen LogP contribution >= 0.6 is 11.6 Å². The molecule has 0 spiro atoms. The largest absolute Gasteiger partial charge is 0.340 e. The molecule has 3 aromatic rings. The van der Waals surface area contributed by atoms with Gasteiger partial charge in [-0.2, -0.15) is 0 Å². The maximum absolute atomic E-state index is 6.06. The Morgan fingerprint density at radius 1 is 1.38 bits per heavy atom. The zero-order chi connectivity index (χ0) is 16.5. The second-order valence-electron chi connectivity index (χ2n) is 6.49. The normalized spacial score (nSPS) is 19.2. The van der Waals surface area contributed by atoms with E-state index < -0.39 is 0 Å². The van der Waals surface area contributed by atoms with Gasteiger partial charge < -0.3 is 14.5 Å². The fraction of sp³-hybridized carbons (Fsp3) is 0.444. The minimum Gasteiger partial charge on any atom is -0.340 e. The Balaban J connectivity index is 1.57. The van der Waals surface area contributed by atoms with Gasteiger partial charge in [0, 0.05) is 29.9 Å². The summed E-state index contributed by atoms with van der Waals surface area (Å²) in [5.41, 5.74) is 1.93. The number of imidazole rings is 2. The number of piperidine rings is 1. The van der Waals surface area contributed by atoms with Gasteiger partial charge in [-0.25, -0.2) is 9.97 Å². The third-order valence-electron chi connectivity index (χ3n) is 4.88.